The van der Waals surface area contributed by atoms with Crippen molar-refractivity contribution in [3.63, 3.8) is 0 Å². The van der Waals surface area contributed by atoms with Crippen molar-refractivity contribution in [2.75, 3.05) is 13.7 Å². The van der Waals surface area contributed by atoms with E-state index in [-0.39, 0.29) is 5.54 Å². The van der Waals surface area contributed by atoms with Crippen LogP contribution >= 0.6 is 0 Å². The molecule has 1 aromatic carbocycles. The molecule has 2 nitrogen and oxygen atoms in total. The van der Waals surface area contributed by atoms with Crippen LogP contribution in [-0.2, 0) is 5.54 Å². The van der Waals surface area contributed by atoms with Gasteiger partial charge in [0.1, 0.15) is 12.4 Å². The van der Waals surface area contributed by atoms with Gasteiger partial charge < -0.3 is 10.1 Å². The summed E-state index contributed by atoms with van der Waals surface area (Å²) in [6.45, 7) is 2.88. The number of benzene rings is 1. The third-order valence-electron chi connectivity index (χ3n) is 2.55. The van der Waals surface area contributed by atoms with Gasteiger partial charge in [-0.15, -0.1) is 0 Å². The molecular formula is C10H13NO. The van der Waals surface area contributed by atoms with Crippen LogP contribution in [0.15, 0.2) is 24.3 Å². The van der Waals surface area contributed by atoms with Crippen molar-refractivity contribution in [1.29, 1.82) is 0 Å². The van der Waals surface area contributed by atoms with Gasteiger partial charge in [0.05, 0.1) is 5.54 Å². The number of ether oxygens (including phenoxy) is 1. The molecule has 1 atom stereocenters. The van der Waals surface area contributed by atoms with Gasteiger partial charge in [-0.25, -0.2) is 0 Å². The van der Waals surface area contributed by atoms with Crippen molar-refractivity contribution >= 4 is 0 Å². The van der Waals surface area contributed by atoms with Crippen LogP contribution in [-0.4, -0.2) is 13.7 Å². The molecule has 64 valence electrons. The average Bonchev–Trinajstić information content (AvgIpc) is 2.46. The van der Waals surface area contributed by atoms with E-state index in [4.69, 9.17) is 4.74 Å². The summed E-state index contributed by atoms with van der Waals surface area (Å²) in [5, 5.41) is 3.27. The molecule has 0 radical (unpaired) electrons. The second-order valence-corrected chi connectivity index (χ2v) is 3.37. The minimum atomic E-state index is -0.00338. The number of hydrogen-bond donors (Lipinski definition) is 1. The van der Waals surface area contributed by atoms with E-state index in [1.54, 1.807) is 0 Å². The van der Waals surface area contributed by atoms with Crippen molar-refractivity contribution < 1.29 is 4.74 Å². The number of para-hydroxylation sites is 1. The van der Waals surface area contributed by atoms with Gasteiger partial charge in [-0.1, -0.05) is 18.2 Å². The van der Waals surface area contributed by atoms with E-state index in [9.17, 15) is 0 Å². The average molecular weight is 163 g/mol. The van der Waals surface area contributed by atoms with E-state index in [0.717, 1.165) is 12.4 Å². The molecule has 1 unspecified atom stereocenters. The van der Waals surface area contributed by atoms with Gasteiger partial charge in [-0.05, 0) is 20.0 Å². The predicted molar refractivity (Wildman–Crippen MR) is 48.3 cm³/mol. The SMILES string of the molecule is CNC1(C)COc2ccccc21. The number of nitrogens with one attached hydrogen (secondary N) is 1. The molecule has 1 aliphatic heterocycles. The number of fused-ring (bicyclic) bond motifs is 1. The van der Waals surface area contributed by atoms with Crippen LogP contribution in [0.5, 0.6) is 5.75 Å². The molecule has 0 saturated carbocycles. The third kappa shape index (κ3) is 0.916. The summed E-state index contributed by atoms with van der Waals surface area (Å²) in [6.07, 6.45) is 0. The quantitative estimate of drug-likeness (QED) is 0.677. The molecule has 1 aliphatic rings. The fraction of sp³-hybridized carbons (Fsp3) is 0.400. The molecule has 0 bridgehead atoms. The maximum absolute atomic E-state index is 5.54. The smallest absolute Gasteiger partial charge is 0.124 e. The van der Waals surface area contributed by atoms with Gasteiger partial charge >= 0.3 is 0 Å². The first-order valence-corrected chi connectivity index (χ1v) is 4.17. The number of rotatable bonds is 1. The molecule has 2 rings (SSSR count). The van der Waals surface area contributed by atoms with Crippen LogP contribution in [0, 0.1) is 0 Å². The van der Waals surface area contributed by atoms with E-state index in [2.05, 4.69) is 18.3 Å². The molecule has 2 heteroatoms. The van der Waals surface area contributed by atoms with E-state index >= 15 is 0 Å². The van der Waals surface area contributed by atoms with Crippen molar-refractivity contribution in [2.24, 2.45) is 0 Å². The maximum Gasteiger partial charge on any atom is 0.124 e. The number of hydrogen-bond acceptors (Lipinski definition) is 2. The number of likely N-dealkylation sites (N-methyl/N-ethyl adjacent to an activating group) is 1. The van der Waals surface area contributed by atoms with Crippen LogP contribution in [0.3, 0.4) is 0 Å². The molecule has 0 spiro atoms. The highest BCUT2D eigenvalue weighted by Crippen LogP contribution is 2.35. The molecule has 12 heavy (non-hydrogen) atoms. The Labute approximate surface area is 72.5 Å². The standard InChI is InChI=1S/C10H13NO/c1-10(11-2)7-12-9-6-4-3-5-8(9)10/h3-6,11H,7H2,1-2H3. The van der Waals surface area contributed by atoms with Crippen LogP contribution in [0.1, 0.15) is 12.5 Å². The molecule has 1 N–H and O–H groups in total. The summed E-state index contributed by atoms with van der Waals surface area (Å²) in [5.74, 6) is 1.01. The zero-order chi connectivity index (χ0) is 8.60. The summed E-state index contributed by atoms with van der Waals surface area (Å²) in [4.78, 5) is 0. The van der Waals surface area contributed by atoms with Crippen molar-refractivity contribution in [2.45, 2.75) is 12.5 Å². The monoisotopic (exact) mass is 163 g/mol. The van der Waals surface area contributed by atoms with Crippen LogP contribution in [0.4, 0.5) is 0 Å². The lowest BCUT2D eigenvalue weighted by Gasteiger charge is -2.21. The minimum absolute atomic E-state index is 0.00338. The van der Waals surface area contributed by atoms with Crippen molar-refractivity contribution in [1.82, 2.24) is 5.32 Å². The summed E-state index contributed by atoms with van der Waals surface area (Å²) in [6, 6.07) is 8.17. The zero-order valence-corrected chi connectivity index (χ0v) is 7.42. The van der Waals surface area contributed by atoms with E-state index < -0.39 is 0 Å². The highest BCUT2D eigenvalue weighted by atomic mass is 16.5. The Morgan fingerprint density at radius 3 is 2.92 bits per heavy atom. The second-order valence-electron chi connectivity index (χ2n) is 3.37. The van der Waals surface area contributed by atoms with Crippen LogP contribution < -0.4 is 10.1 Å². The Hall–Kier alpha value is -1.02. The largest absolute Gasteiger partial charge is 0.491 e. The Balaban J connectivity index is 2.49. The molecule has 0 fully saturated rings. The molecule has 0 amide bonds. The lowest BCUT2D eigenvalue weighted by molar-refractivity contribution is 0.254. The maximum atomic E-state index is 5.54. The van der Waals surface area contributed by atoms with Gasteiger partial charge in [0.15, 0.2) is 0 Å². The molecule has 0 saturated heterocycles. The van der Waals surface area contributed by atoms with E-state index in [1.165, 1.54) is 5.56 Å². The molecule has 1 aromatic rings. The Morgan fingerprint density at radius 2 is 2.17 bits per heavy atom. The lowest BCUT2D eigenvalue weighted by atomic mass is 9.95. The van der Waals surface area contributed by atoms with Gasteiger partial charge in [0, 0.05) is 5.56 Å². The molecule has 1 heterocycles. The lowest BCUT2D eigenvalue weighted by Crippen LogP contribution is -2.38. The van der Waals surface area contributed by atoms with Gasteiger partial charge in [-0.2, -0.15) is 0 Å². The predicted octanol–water partition coefficient (Wildman–Crippen LogP) is 1.51. The van der Waals surface area contributed by atoms with Gasteiger partial charge in [0.25, 0.3) is 0 Å². The first-order valence-electron chi connectivity index (χ1n) is 4.17. The second kappa shape index (κ2) is 2.49. The fourth-order valence-electron chi connectivity index (χ4n) is 1.56. The molecule has 0 aromatic heterocycles. The highest BCUT2D eigenvalue weighted by molar-refractivity contribution is 5.42. The van der Waals surface area contributed by atoms with Crippen molar-refractivity contribution in [3.8, 4) is 5.75 Å². The topological polar surface area (TPSA) is 21.3 Å². The molecule has 0 aliphatic carbocycles. The first kappa shape index (κ1) is 7.62. The summed E-state index contributed by atoms with van der Waals surface area (Å²) >= 11 is 0. The Kier molecular flexibility index (Phi) is 1.58. The summed E-state index contributed by atoms with van der Waals surface area (Å²) in [5.41, 5.74) is 1.25. The Morgan fingerprint density at radius 1 is 1.42 bits per heavy atom. The van der Waals surface area contributed by atoms with Gasteiger partial charge in [0.2, 0.25) is 0 Å². The Bertz CT molecular complexity index is 298. The van der Waals surface area contributed by atoms with Crippen LogP contribution in [0.25, 0.3) is 0 Å². The van der Waals surface area contributed by atoms with Crippen LogP contribution in [0.2, 0.25) is 0 Å². The third-order valence-corrected chi connectivity index (χ3v) is 2.55. The van der Waals surface area contributed by atoms with Gasteiger partial charge in [-0.3, -0.25) is 0 Å². The van der Waals surface area contributed by atoms with E-state index in [0.29, 0.717) is 0 Å². The molecular weight excluding hydrogens is 150 g/mol. The fourth-order valence-corrected chi connectivity index (χ4v) is 1.56. The normalized spacial score (nSPS) is 26.5. The highest BCUT2D eigenvalue weighted by Gasteiger charge is 2.33. The summed E-state index contributed by atoms with van der Waals surface area (Å²) < 4.78 is 5.54. The summed E-state index contributed by atoms with van der Waals surface area (Å²) in [7, 11) is 1.96. The van der Waals surface area contributed by atoms with E-state index in [1.807, 2.05) is 25.2 Å². The zero-order valence-electron chi connectivity index (χ0n) is 7.42. The minimum Gasteiger partial charge on any atom is -0.491 e. The van der Waals surface area contributed by atoms with Crippen molar-refractivity contribution in [3.05, 3.63) is 29.8 Å². The first-order chi connectivity index (χ1) is 5.76.